The van der Waals surface area contributed by atoms with E-state index < -0.39 is 0 Å². The largest absolute Gasteiger partial charge is 0.396 e. The molecule has 0 radical (unpaired) electrons. The number of hydrogen-bond donors (Lipinski definition) is 2. The summed E-state index contributed by atoms with van der Waals surface area (Å²) in [5.41, 5.74) is 1.41. The van der Waals surface area contributed by atoms with E-state index in [9.17, 15) is 0 Å². The van der Waals surface area contributed by atoms with Gasteiger partial charge in [-0.15, -0.1) is 0 Å². The zero-order valence-corrected chi connectivity index (χ0v) is 12.6. The number of nitrogens with zero attached hydrogens (tertiary/aromatic N) is 1. The van der Waals surface area contributed by atoms with Gasteiger partial charge in [-0.2, -0.15) is 0 Å². The van der Waals surface area contributed by atoms with Gasteiger partial charge in [-0.05, 0) is 65.0 Å². The highest BCUT2D eigenvalue weighted by Crippen LogP contribution is 2.34. The van der Waals surface area contributed by atoms with E-state index in [0.29, 0.717) is 18.7 Å². The van der Waals surface area contributed by atoms with Crippen LogP contribution in [0.5, 0.6) is 0 Å². The molecule has 1 saturated carbocycles. The Balaban J connectivity index is 1.68. The molecule has 1 atom stereocenters. The zero-order chi connectivity index (χ0) is 13.7. The molecule has 0 amide bonds. The molecule has 0 aromatic carbocycles. The van der Waals surface area contributed by atoms with Crippen LogP contribution in [-0.4, -0.2) is 48.3 Å². The van der Waals surface area contributed by atoms with Crippen LogP contribution in [0.25, 0.3) is 0 Å². The maximum atomic E-state index is 9.15. The highest BCUT2D eigenvalue weighted by molar-refractivity contribution is 4.96. The third kappa shape index (κ3) is 5.25. The minimum atomic E-state index is 0.327. The maximum Gasteiger partial charge on any atom is 0.0445 e. The molecular weight excluding hydrogens is 236 g/mol. The van der Waals surface area contributed by atoms with Crippen LogP contribution in [0.15, 0.2) is 11.6 Å². The molecule has 110 valence electrons. The van der Waals surface area contributed by atoms with E-state index in [2.05, 4.69) is 30.1 Å². The summed E-state index contributed by atoms with van der Waals surface area (Å²) in [5, 5.41) is 13.0. The van der Waals surface area contributed by atoms with Crippen molar-refractivity contribution in [3.05, 3.63) is 11.6 Å². The lowest BCUT2D eigenvalue weighted by molar-refractivity contribution is 0.190. The van der Waals surface area contributed by atoms with E-state index in [0.717, 1.165) is 18.9 Å². The van der Waals surface area contributed by atoms with Crippen molar-refractivity contribution in [1.29, 1.82) is 0 Å². The van der Waals surface area contributed by atoms with Crippen molar-refractivity contribution in [3.8, 4) is 0 Å². The summed E-state index contributed by atoms with van der Waals surface area (Å²) in [7, 11) is 0. The number of likely N-dealkylation sites (tertiary alicyclic amines) is 1. The number of piperidine rings is 1. The fraction of sp³-hybridized carbons (Fsp3) is 0.875. The molecule has 2 fully saturated rings. The molecule has 2 N–H and O–H groups in total. The lowest BCUT2D eigenvalue weighted by atomic mass is 10.0. The van der Waals surface area contributed by atoms with Crippen LogP contribution in [-0.2, 0) is 0 Å². The van der Waals surface area contributed by atoms with E-state index in [1.807, 2.05) is 0 Å². The van der Waals surface area contributed by atoms with Crippen LogP contribution >= 0.6 is 0 Å². The Bertz CT molecular complexity index is 287. The first-order valence-corrected chi connectivity index (χ1v) is 7.91. The van der Waals surface area contributed by atoms with Crippen molar-refractivity contribution in [1.82, 2.24) is 10.2 Å². The minimum Gasteiger partial charge on any atom is -0.396 e. The first-order valence-electron chi connectivity index (χ1n) is 7.91. The summed E-state index contributed by atoms with van der Waals surface area (Å²) in [5.74, 6) is 0.843. The smallest absolute Gasteiger partial charge is 0.0445 e. The monoisotopic (exact) mass is 266 g/mol. The first kappa shape index (κ1) is 15.0. The molecule has 19 heavy (non-hydrogen) atoms. The predicted molar refractivity (Wildman–Crippen MR) is 80.2 cm³/mol. The van der Waals surface area contributed by atoms with Crippen molar-refractivity contribution in [2.75, 3.05) is 26.2 Å². The fourth-order valence-electron chi connectivity index (χ4n) is 2.99. The van der Waals surface area contributed by atoms with Crippen molar-refractivity contribution in [3.63, 3.8) is 0 Å². The van der Waals surface area contributed by atoms with Crippen LogP contribution in [0.2, 0.25) is 0 Å². The number of allylic oxidation sites excluding steroid dienone is 1. The fourth-order valence-corrected chi connectivity index (χ4v) is 2.99. The number of hydrogen-bond acceptors (Lipinski definition) is 3. The van der Waals surface area contributed by atoms with Crippen LogP contribution in [0.3, 0.4) is 0 Å². The summed E-state index contributed by atoms with van der Waals surface area (Å²) >= 11 is 0. The van der Waals surface area contributed by atoms with Crippen molar-refractivity contribution < 1.29 is 5.11 Å². The summed E-state index contributed by atoms with van der Waals surface area (Å²) < 4.78 is 0. The Hall–Kier alpha value is -0.380. The molecule has 1 aliphatic heterocycles. The van der Waals surface area contributed by atoms with Gasteiger partial charge < -0.3 is 10.4 Å². The van der Waals surface area contributed by atoms with Gasteiger partial charge in [-0.3, -0.25) is 4.90 Å². The molecule has 0 bridgehead atoms. The second-order valence-corrected chi connectivity index (χ2v) is 6.48. The molecule has 0 aromatic heterocycles. The third-order valence-corrected chi connectivity index (χ3v) is 4.43. The van der Waals surface area contributed by atoms with Gasteiger partial charge in [0.15, 0.2) is 0 Å². The predicted octanol–water partition coefficient (Wildman–Crippen LogP) is 2.17. The molecule has 3 heteroatoms. The number of nitrogens with one attached hydrogen (secondary N) is 1. The molecule has 1 aliphatic carbocycles. The minimum absolute atomic E-state index is 0.327. The highest BCUT2D eigenvalue weighted by atomic mass is 16.3. The second-order valence-electron chi connectivity index (χ2n) is 6.48. The van der Waals surface area contributed by atoms with Crippen LogP contribution in [0, 0.1) is 5.92 Å². The molecule has 3 nitrogen and oxygen atoms in total. The Morgan fingerprint density at radius 2 is 1.95 bits per heavy atom. The molecular formula is C16H30N2O. The lowest BCUT2D eigenvalue weighted by Crippen LogP contribution is -2.47. The van der Waals surface area contributed by atoms with Gasteiger partial charge in [-0.1, -0.05) is 11.6 Å². The standard InChI is InChI=1S/C16H30N2O/c1-13(2)5-9-18-10-6-15(7-11-18)17-16(8-12-19)14-3-4-14/h5,14-17,19H,3-4,6-12H2,1-2H3. The summed E-state index contributed by atoms with van der Waals surface area (Å²) in [6.07, 6.45) is 8.49. The van der Waals surface area contributed by atoms with Gasteiger partial charge in [0.2, 0.25) is 0 Å². The first-order chi connectivity index (χ1) is 9.19. The van der Waals surface area contributed by atoms with Crippen molar-refractivity contribution >= 4 is 0 Å². The molecule has 2 rings (SSSR count). The Morgan fingerprint density at radius 3 is 2.47 bits per heavy atom. The van der Waals surface area contributed by atoms with Crippen LogP contribution in [0.4, 0.5) is 0 Å². The van der Waals surface area contributed by atoms with Gasteiger partial charge in [0.05, 0.1) is 0 Å². The van der Waals surface area contributed by atoms with Crippen LogP contribution in [0.1, 0.15) is 46.0 Å². The second kappa shape index (κ2) is 7.41. The molecule has 1 saturated heterocycles. The molecule has 1 unspecified atom stereocenters. The Labute approximate surface area is 118 Å². The number of aliphatic hydroxyl groups excluding tert-OH is 1. The van der Waals surface area contributed by atoms with Crippen molar-refractivity contribution in [2.45, 2.75) is 58.0 Å². The van der Waals surface area contributed by atoms with Gasteiger partial charge in [-0.25, -0.2) is 0 Å². The molecule has 0 spiro atoms. The quantitative estimate of drug-likeness (QED) is 0.693. The lowest BCUT2D eigenvalue weighted by Gasteiger charge is -2.34. The van der Waals surface area contributed by atoms with E-state index in [4.69, 9.17) is 5.11 Å². The van der Waals surface area contributed by atoms with E-state index in [1.54, 1.807) is 0 Å². The maximum absolute atomic E-state index is 9.15. The molecule has 2 aliphatic rings. The van der Waals surface area contributed by atoms with Crippen molar-refractivity contribution in [2.24, 2.45) is 5.92 Å². The van der Waals surface area contributed by atoms with Crippen LogP contribution < -0.4 is 5.32 Å². The SMILES string of the molecule is CC(C)=CCN1CCC(NC(CCO)C2CC2)CC1. The van der Waals surface area contributed by atoms with E-state index in [-0.39, 0.29) is 0 Å². The molecule has 0 aromatic rings. The average molecular weight is 266 g/mol. The molecule has 1 heterocycles. The van der Waals surface area contributed by atoms with E-state index in [1.165, 1.54) is 44.3 Å². The van der Waals surface area contributed by atoms with Gasteiger partial charge in [0.1, 0.15) is 0 Å². The number of aliphatic hydroxyl groups is 1. The average Bonchev–Trinajstić information content (AvgIpc) is 3.21. The van der Waals surface area contributed by atoms with Gasteiger partial charge in [0.25, 0.3) is 0 Å². The van der Waals surface area contributed by atoms with Gasteiger partial charge in [0, 0.05) is 25.2 Å². The Morgan fingerprint density at radius 1 is 1.26 bits per heavy atom. The summed E-state index contributed by atoms with van der Waals surface area (Å²) in [6, 6.07) is 1.24. The zero-order valence-electron chi connectivity index (χ0n) is 12.6. The highest BCUT2D eigenvalue weighted by Gasteiger charge is 2.32. The third-order valence-electron chi connectivity index (χ3n) is 4.43. The summed E-state index contributed by atoms with van der Waals surface area (Å²) in [6.45, 7) is 8.19. The number of rotatable bonds is 7. The Kier molecular flexibility index (Phi) is 5.86. The summed E-state index contributed by atoms with van der Waals surface area (Å²) in [4.78, 5) is 2.54. The van der Waals surface area contributed by atoms with E-state index >= 15 is 0 Å². The van der Waals surface area contributed by atoms with Gasteiger partial charge >= 0.3 is 0 Å². The topological polar surface area (TPSA) is 35.5 Å². The normalized spacial score (nSPS) is 23.3.